The minimum absolute atomic E-state index is 0.514. The first kappa shape index (κ1) is 9.04. The maximum absolute atomic E-state index is 9.22. The number of aliphatic hydroxyl groups excluding tert-OH is 1. The van der Waals surface area contributed by atoms with Crippen molar-refractivity contribution in [1.82, 2.24) is 0 Å². The SMILES string of the molecule is C[C@@H](O)c1cc(Br)ccc1Cl. The number of aliphatic hydroxyl groups is 1. The summed E-state index contributed by atoms with van der Waals surface area (Å²) in [4.78, 5) is 0. The van der Waals surface area contributed by atoms with E-state index in [4.69, 9.17) is 11.6 Å². The molecule has 1 atom stereocenters. The van der Waals surface area contributed by atoms with E-state index in [-0.39, 0.29) is 0 Å². The topological polar surface area (TPSA) is 20.2 Å². The molecule has 60 valence electrons. The zero-order valence-corrected chi connectivity index (χ0v) is 8.35. The van der Waals surface area contributed by atoms with Crippen LogP contribution in [0.4, 0.5) is 0 Å². The molecule has 3 heteroatoms. The molecular weight excluding hydrogens is 227 g/mol. The van der Waals surface area contributed by atoms with Crippen molar-refractivity contribution in [2.45, 2.75) is 13.0 Å². The Bertz CT molecular complexity index is 260. The molecule has 0 heterocycles. The van der Waals surface area contributed by atoms with Crippen LogP contribution in [0.25, 0.3) is 0 Å². The van der Waals surface area contributed by atoms with E-state index in [0.717, 1.165) is 10.0 Å². The molecule has 0 aliphatic carbocycles. The molecule has 0 fully saturated rings. The van der Waals surface area contributed by atoms with Gasteiger partial charge in [-0.25, -0.2) is 0 Å². The summed E-state index contributed by atoms with van der Waals surface area (Å²) in [5.74, 6) is 0. The van der Waals surface area contributed by atoms with E-state index in [0.29, 0.717) is 5.02 Å². The minimum atomic E-state index is -0.514. The molecule has 1 aromatic rings. The molecule has 0 unspecified atom stereocenters. The van der Waals surface area contributed by atoms with Crippen LogP contribution >= 0.6 is 27.5 Å². The van der Waals surface area contributed by atoms with E-state index in [1.54, 1.807) is 13.0 Å². The average molecular weight is 236 g/mol. The molecule has 0 saturated heterocycles. The lowest BCUT2D eigenvalue weighted by molar-refractivity contribution is 0.199. The number of hydrogen-bond donors (Lipinski definition) is 1. The molecule has 0 aliphatic heterocycles. The Morgan fingerprint density at radius 2 is 2.18 bits per heavy atom. The summed E-state index contributed by atoms with van der Waals surface area (Å²) < 4.78 is 0.929. The fourth-order valence-corrected chi connectivity index (χ4v) is 1.49. The highest BCUT2D eigenvalue weighted by atomic mass is 79.9. The summed E-state index contributed by atoms with van der Waals surface area (Å²) in [6.45, 7) is 1.69. The Morgan fingerprint density at radius 1 is 1.55 bits per heavy atom. The van der Waals surface area contributed by atoms with Crippen LogP contribution in [0.3, 0.4) is 0 Å². The highest BCUT2D eigenvalue weighted by Crippen LogP contribution is 2.25. The third kappa shape index (κ3) is 2.19. The van der Waals surface area contributed by atoms with Gasteiger partial charge < -0.3 is 5.11 Å². The van der Waals surface area contributed by atoms with Gasteiger partial charge in [0.05, 0.1) is 6.10 Å². The first-order valence-corrected chi connectivity index (χ1v) is 4.41. The first-order chi connectivity index (χ1) is 5.11. The summed E-state index contributed by atoms with van der Waals surface area (Å²) in [5.41, 5.74) is 0.751. The van der Waals surface area contributed by atoms with Crippen LogP contribution < -0.4 is 0 Å². The molecule has 0 amide bonds. The monoisotopic (exact) mass is 234 g/mol. The molecule has 11 heavy (non-hydrogen) atoms. The maximum atomic E-state index is 9.22. The number of hydrogen-bond acceptors (Lipinski definition) is 1. The van der Waals surface area contributed by atoms with Crippen molar-refractivity contribution in [1.29, 1.82) is 0 Å². The summed E-state index contributed by atoms with van der Waals surface area (Å²) in [6, 6.07) is 5.41. The van der Waals surface area contributed by atoms with Gasteiger partial charge in [-0.1, -0.05) is 27.5 Å². The van der Waals surface area contributed by atoms with Crippen molar-refractivity contribution in [3.63, 3.8) is 0 Å². The molecular formula is C8H8BrClO. The van der Waals surface area contributed by atoms with Gasteiger partial charge in [0.2, 0.25) is 0 Å². The lowest BCUT2D eigenvalue weighted by Gasteiger charge is -2.06. The Hall–Kier alpha value is -0.0500. The van der Waals surface area contributed by atoms with Gasteiger partial charge in [0.1, 0.15) is 0 Å². The molecule has 0 bridgehead atoms. The maximum Gasteiger partial charge on any atom is 0.0776 e. The largest absolute Gasteiger partial charge is 0.389 e. The predicted molar refractivity (Wildman–Crippen MR) is 49.8 cm³/mol. The molecule has 0 aliphatic rings. The fourth-order valence-electron chi connectivity index (χ4n) is 0.835. The molecule has 0 saturated carbocycles. The zero-order chi connectivity index (χ0) is 8.43. The summed E-state index contributed by atoms with van der Waals surface area (Å²) in [6.07, 6.45) is -0.514. The van der Waals surface area contributed by atoms with Crippen LogP contribution in [-0.2, 0) is 0 Å². The van der Waals surface area contributed by atoms with Crippen molar-refractivity contribution in [3.05, 3.63) is 33.3 Å². The van der Waals surface area contributed by atoms with E-state index in [1.165, 1.54) is 0 Å². The van der Waals surface area contributed by atoms with E-state index in [2.05, 4.69) is 15.9 Å². The lowest BCUT2D eigenvalue weighted by Crippen LogP contribution is -1.91. The predicted octanol–water partition coefficient (Wildman–Crippen LogP) is 3.16. The van der Waals surface area contributed by atoms with Gasteiger partial charge in [-0.3, -0.25) is 0 Å². The quantitative estimate of drug-likeness (QED) is 0.793. The number of benzene rings is 1. The summed E-state index contributed by atoms with van der Waals surface area (Å²) in [7, 11) is 0. The van der Waals surface area contributed by atoms with Crippen molar-refractivity contribution in [2.24, 2.45) is 0 Å². The van der Waals surface area contributed by atoms with Gasteiger partial charge >= 0.3 is 0 Å². The van der Waals surface area contributed by atoms with Gasteiger partial charge in [-0.15, -0.1) is 0 Å². The van der Waals surface area contributed by atoms with E-state index in [9.17, 15) is 5.11 Å². The standard InChI is InChI=1S/C8H8BrClO/c1-5(11)7-4-6(9)2-3-8(7)10/h2-5,11H,1H3/t5-/m1/s1. The van der Waals surface area contributed by atoms with E-state index < -0.39 is 6.10 Å². The molecule has 1 N–H and O–H groups in total. The van der Waals surface area contributed by atoms with Gasteiger partial charge in [-0.2, -0.15) is 0 Å². The first-order valence-electron chi connectivity index (χ1n) is 3.24. The van der Waals surface area contributed by atoms with E-state index in [1.807, 2.05) is 12.1 Å². The second-order valence-electron chi connectivity index (χ2n) is 2.34. The van der Waals surface area contributed by atoms with Crippen LogP contribution in [0.5, 0.6) is 0 Å². The Morgan fingerprint density at radius 3 is 2.64 bits per heavy atom. The molecule has 1 nitrogen and oxygen atoms in total. The molecule has 0 aromatic heterocycles. The number of rotatable bonds is 1. The van der Waals surface area contributed by atoms with Crippen molar-refractivity contribution in [3.8, 4) is 0 Å². The van der Waals surface area contributed by atoms with Crippen molar-refractivity contribution >= 4 is 27.5 Å². The van der Waals surface area contributed by atoms with Gasteiger partial charge in [-0.05, 0) is 30.7 Å². The Balaban J connectivity index is 3.13. The van der Waals surface area contributed by atoms with Crippen molar-refractivity contribution < 1.29 is 5.11 Å². The number of halogens is 2. The zero-order valence-electron chi connectivity index (χ0n) is 6.01. The normalized spacial score (nSPS) is 13.1. The summed E-state index contributed by atoms with van der Waals surface area (Å²) in [5, 5.41) is 9.82. The molecule has 0 radical (unpaired) electrons. The van der Waals surface area contributed by atoms with Crippen LogP contribution in [-0.4, -0.2) is 5.11 Å². The molecule has 1 rings (SSSR count). The highest BCUT2D eigenvalue weighted by Gasteiger charge is 2.05. The molecule has 0 spiro atoms. The third-order valence-electron chi connectivity index (χ3n) is 1.41. The second kappa shape index (κ2) is 3.57. The van der Waals surface area contributed by atoms with Crippen molar-refractivity contribution in [2.75, 3.05) is 0 Å². The fraction of sp³-hybridized carbons (Fsp3) is 0.250. The van der Waals surface area contributed by atoms with Crippen LogP contribution in [0.1, 0.15) is 18.6 Å². The Kier molecular flexibility index (Phi) is 2.93. The highest BCUT2D eigenvalue weighted by molar-refractivity contribution is 9.10. The Labute approximate surface area is 79.1 Å². The van der Waals surface area contributed by atoms with E-state index >= 15 is 0 Å². The van der Waals surface area contributed by atoms with Gasteiger partial charge in [0.25, 0.3) is 0 Å². The third-order valence-corrected chi connectivity index (χ3v) is 2.25. The van der Waals surface area contributed by atoms with Gasteiger partial charge in [0, 0.05) is 9.50 Å². The van der Waals surface area contributed by atoms with Crippen LogP contribution in [0.2, 0.25) is 5.02 Å². The lowest BCUT2D eigenvalue weighted by atomic mass is 10.1. The smallest absolute Gasteiger partial charge is 0.0776 e. The van der Waals surface area contributed by atoms with Crippen LogP contribution in [0, 0.1) is 0 Å². The average Bonchev–Trinajstić information content (AvgIpc) is 1.94. The minimum Gasteiger partial charge on any atom is -0.389 e. The second-order valence-corrected chi connectivity index (χ2v) is 3.66. The molecule has 1 aromatic carbocycles. The van der Waals surface area contributed by atoms with Crippen LogP contribution in [0.15, 0.2) is 22.7 Å². The van der Waals surface area contributed by atoms with Gasteiger partial charge in [0.15, 0.2) is 0 Å². The summed E-state index contributed by atoms with van der Waals surface area (Å²) >= 11 is 9.11.